The predicted octanol–water partition coefficient (Wildman–Crippen LogP) is 6.20. The van der Waals surface area contributed by atoms with Gasteiger partial charge in [0.25, 0.3) is 0 Å². The minimum absolute atomic E-state index is 0.0974. The zero-order chi connectivity index (χ0) is 28.6. The van der Waals surface area contributed by atoms with Gasteiger partial charge in [0.1, 0.15) is 23.4 Å². The highest BCUT2D eigenvalue weighted by molar-refractivity contribution is 7.99. The van der Waals surface area contributed by atoms with Crippen molar-refractivity contribution in [2.75, 3.05) is 20.3 Å². The monoisotopic (exact) mass is 579 g/mol. The van der Waals surface area contributed by atoms with Crippen molar-refractivity contribution in [3.05, 3.63) is 98.3 Å². The molecule has 12 heteroatoms. The minimum atomic E-state index is -0.666. The van der Waals surface area contributed by atoms with Gasteiger partial charge in [-0.1, -0.05) is 41.6 Å². The first-order chi connectivity index (χ1) is 19.3. The van der Waals surface area contributed by atoms with Crippen molar-refractivity contribution in [2.24, 2.45) is 0 Å². The molecule has 1 aromatic heterocycles. The molecule has 0 radical (unpaired) electrons. The summed E-state index contributed by atoms with van der Waals surface area (Å²) in [6.07, 6.45) is 0. The minimum Gasteiger partial charge on any atom is -0.497 e. The lowest BCUT2D eigenvalue weighted by Gasteiger charge is -2.19. The smallest absolute Gasteiger partial charge is 0.220 e. The van der Waals surface area contributed by atoms with E-state index >= 15 is 0 Å². The largest absolute Gasteiger partial charge is 0.497 e. The summed E-state index contributed by atoms with van der Waals surface area (Å²) in [5, 5.41) is 29.6. The molecular weight excluding hydrogens is 554 g/mol. The SMILES string of the molecule is CCOc1cc([C@@H](C[N+](=O)[O-])Sc2nnc(C)n2-c2ccc(OC)cc2)cc(Cl)c1OCc1ccccc1C#N. The van der Waals surface area contributed by atoms with Gasteiger partial charge in [0.2, 0.25) is 6.54 Å². The van der Waals surface area contributed by atoms with Gasteiger partial charge in [0, 0.05) is 16.2 Å². The van der Waals surface area contributed by atoms with Crippen LogP contribution in [0, 0.1) is 28.4 Å². The van der Waals surface area contributed by atoms with Crippen LogP contribution in [0.3, 0.4) is 0 Å². The Hall–Kier alpha value is -4.27. The highest BCUT2D eigenvalue weighted by Crippen LogP contribution is 2.43. The normalized spacial score (nSPS) is 11.5. The van der Waals surface area contributed by atoms with Crippen LogP contribution in [-0.2, 0) is 6.61 Å². The molecule has 0 fully saturated rings. The maximum Gasteiger partial charge on any atom is 0.220 e. The fraction of sp³-hybridized carbons (Fsp3) is 0.250. The predicted molar refractivity (Wildman–Crippen MR) is 151 cm³/mol. The van der Waals surface area contributed by atoms with E-state index in [-0.39, 0.29) is 16.6 Å². The summed E-state index contributed by atoms with van der Waals surface area (Å²) in [4.78, 5) is 11.3. The van der Waals surface area contributed by atoms with Gasteiger partial charge in [0.15, 0.2) is 16.7 Å². The van der Waals surface area contributed by atoms with Crippen molar-refractivity contribution in [3.63, 3.8) is 0 Å². The molecule has 4 rings (SSSR count). The van der Waals surface area contributed by atoms with Crippen LogP contribution in [0.1, 0.15) is 34.7 Å². The van der Waals surface area contributed by atoms with Crippen LogP contribution in [0.25, 0.3) is 5.69 Å². The molecule has 1 heterocycles. The molecule has 0 aliphatic rings. The first-order valence-corrected chi connectivity index (χ1v) is 13.5. The quantitative estimate of drug-likeness (QED) is 0.109. The van der Waals surface area contributed by atoms with E-state index in [9.17, 15) is 15.4 Å². The lowest BCUT2D eigenvalue weighted by Crippen LogP contribution is -2.12. The van der Waals surface area contributed by atoms with Gasteiger partial charge in [-0.15, -0.1) is 10.2 Å². The number of nitro groups is 1. The lowest BCUT2D eigenvalue weighted by atomic mass is 10.1. The summed E-state index contributed by atoms with van der Waals surface area (Å²) < 4.78 is 18.9. The zero-order valence-electron chi connectivity index (χ0n) is 22.0. The average Bonchev–Trinajstić information content (AvgIpc) is 3.31. The zero-order valence-corrected chi connectivity index (χ0v) is 23.6. The van der Waals surface area contributed by atoms with Crippen LogP contribution >= 0.6 is 23.4 Å². The van der Waals surface area contributed by atoms with Gasteiger partial charge in [-0.3, -0.25) is 14.7 Å². The number of ether oxygens (including phenoxy) is 3. The molecule has 0 spiro atoms. The van der Waals surface area contributed by atoms with Gasteiger partial charge in [-0.2, -0.15) is 5.26 Å². The second kappa shape index (κ2) is 13.2. The van der Waals surface area contributed by atoms with E-state index in [1.807, 2.05) is 48.7 Å². The van der Waals surface area contributed by atoms with E-state index in [0.29, 0.717) is 51.5 Å². The molecule has 0 aliphatic heterocycles. The van der Waals surface area contributed by atoms with Crippen molar-refractivity contribution in [2.45, 2.75) is 30.9 Å². The highest BCUT2D eigenvalue weighted by Gasteiger charge is 2.26. The third-order valence-electron chi connectivity index (χ3n) is 5.90. The molecule has 0 saturated carbocycles. The molecular formula is C28H26ClN5O5S. The Bertz CT molecular complexity index is 1540. The number of hydrogen-bond donors (Lipinski definition) is 0. The second-order valence-corrected chi connectivity index (χ2v) is 10.1. The molecule has 0 unspecified atom stereocenters. The van der Waals surface area contributed by atoms with Crippen molar-refractivity contribution < 1.29 is 19.1 Å². The Kier molecular flexibility index (Phi) is 9.47. The van der Waals surface area contributed by atoms with Gasteiger partial charge in [-0.25, -0.2) is 0 Å². The summed E-state index contributed by atoms with van der Waals surface area (Å²) in [7, 11) is 1.59. The second-order valence-electron chi connectivity index (χ2n) is 8.51. The number of methoxy groups -OCH3 is 1. The molecule has 0 saturated heterocycles. The van der Waals surface area contributed by atoms with Crippen LogP contribution in [-0.4, -0.2) is 39.9 Å². The number of aryl methyl sites for hydroxylation is 1. The third-order valence-corrected chi connectivity index (χ3v) is 7.36. The molecule has 0 amide bonds. The summed E-state index contributed by atoms with van der Waals surface area (Å²) in [5.74, 6) is 1.97. The van der Waals surface area contributed by atoms with Crippen molar-refractivity contribution in [1.82, 2.24) is 14.8 Å². The van der Waals surface area contributed by atoms with E-state index < -0.39 is 11.8 Å². The molecule has 3 aromatic carbocycles. The first-order valence-electron chi connectivity index (χ1n) is 12.3. The van der Waals surface area contributed by atoms with Gasteiger partial charge in [0.05, 0.1) is 30.4 Å². The topological polar surface area (TPSA) is 125 Å². The fourth-order valence-corrected chi connectivity index (χ4v) is 5.43. The van der Waals surface area contributed by atoms with Crippen LogP contribution in [0.15, 0.2) is 65.8 Å². The number of nitrogens with zero attached hydrogens (tertiary/aromatic N) is 5. The molecule has 0 N–H and O–H groups in total. The Balaban J connectivity index is 1.67. The summed E-state index contributed by atoms with van der Waals surface area (Å²) >= 11 is 7.86. The summed E-state index contributed by atoms with van der Waals surface area (Å²) in [6, 6.07) is 19.9. The summed E-state index contributed by atoms with van der Waals surface area (Å²) in [6.45, 7) is 3.66. The number of nitriles is 1. The molecule has 0 aliphatic carbocycles. The van der Waals surface area contributed by atoms with E-state index in [2.05, 4.69) is 16.3 Å². The molecule has 40 heavy (non-hydrogen) atoms. The fourth-order valence-electron chi connectivity index (χ4n) is 4.00. The summed E-state index contributed by atoms with van der Waals surface area (Å²) in [5.41, 5.74) is 2.55. The Morgan fingerprint density at radius 3 is 2.58 bits per heavy atom. The van der Waals surface area contributed by atoms with E-state index in [4.69, 9.17) is 25.8 Å². The van der Waals surface area contributed by atoms with Crippen LogP contribution in [0.4, 0.5) is 0 Å². The molecule has 4 aromatic rings. The lowest BCUT2D eigenvalue weighted by molar-refractivity contribution is -0.479. The van der Waals surface area contributed by atoms with E-state index in [1.54, 1.807) is 37.4 Å². The number of thioether (sulfide) groups is 1. The third kappa shape index (κ3) is 6.65. The van der Waals surface area contributed by atoms with Gasteiger partial charge >= 0.3 is 0 Å². The molecule has 0 bridgehead atoms. The van der Waals surface area contributed by atoms with E-state index in [1.165, 1.54) is 11.8 Å². The van der Waals surface area contributed by atoms with Crippen molar-refractivity contribution in [1.29, 1.82) is 5.26 Å². The Morgan fingerprint density at radius 2 is 1.90 bits per heavy atom. The number of halogens is 1. The number of rotatable bonds is 12. The highest BCUT2D eigenvalue weighted by atomic mass is 35.5. The van der Waals surface area contributed by atoms with Crippen molar-refractivity contribution in [3.8, 4) is 29.0 Å². The standard InChI is InChI=1S/C28H26ClN5O5S/c1-4-38-25-14-21(13-24(29)27(25)39-17-20-8-6-5-7-19(20)15-30)26(16-33(35)36)40-28-32-31-18(2)34(28)22-9-11-23(37-3)12-10-22/h5-14,26H,4,16-17H2,1-3H3/t26-/m1/s1. The average molecular weight is 580 g/mol. The Morgan fingerprint density at radius 1 is 1.15 bits per heavy atom. The maximum atomic E-state index is 11.7. The number of benzene rings is 3. The number of hydrogen-bond acceptors (Lipinski definition) is 9. The number of aromatic nitrogens is 3. The Labute approximate surface area is 240 Å². The van der Waals surface area contributed by atoms with Crippen LogP contribution < -0.4 is 14.2 Å². The van der Waals surface area contributed by atoms with Gasteiger partial charge in [-0.05, 0) is 61.9 Å². The van der Waals surface area contributed by atoms with E-state index in [0.717, 1.165) is 5.69 Å². The molecule has 10 nitrogen and oxygen atoms in total. The van der Waals surface area contributed by atoms with Gasteiger partial charge < -0.3 is 14.2 Å². The van der Waals surface area contributed by atoms with Crippen LogP contribution in [0.2, 0.25) is 5.02 Å². The maximum absolute atomic E-state index is 11.7. The first kappa shape index (κ1) is 28.7. The molecule has 1 atom stereocenters. The molecule has 206 valence electrons. The van der Waals surface area contributed by atoms with Crippen LogP contribution in [0.5, 0.6) is 17.2 Å². The van der Waals surface area contributed by atoms with Crippen molar-refractivity contribution >= 4 is 23.4 Å².